The number of imidazole rings is 1. The van der Waals surface area contributed by atoms with Crippen LogP contribution in [0, 0.1) is 0 Å². The van der Waals surface area contributed by atoms with Gasteiger partial charge in [-0.25, -0.2) is 4.98 Å². The average molecular weight is 409 g/mol. The summed E-state index contributed by atoms with van der Waals surface area (Å²) in [6.45, 7) is 6.06. The Hall–Kier alpha value is -2.97. The molecule has 0 radical (unpaired) electrons. The highest BCUT2D eigenvalue weighted by Gasteiger charge is 2.16. The predicted octanol–water partition coefficient (Wildman–Crippen LogP) is 1.77. The molecule has 0 unspecified atom stereocenters. The van der Waals surface area contributed by atoms with E-state index in [-0.39, 0.29) is 5.91 Å². The maximum absolute atomic E-state index is 12.6. The Bertz CT molecular complexity index is 993. The minimum absolute atomic E-state index is 0.155. The first-order chi connectivity index (χ1) is 14.6. The molecular formula is C22H28N6O2. The lowest BCUT2D eigenvalue weighted by molar-refractivity contribution is 0.0945. The molecule has 1 aliphatic rings. The van der Waals surface area contributed by atoms with E-state index in [9.17, 15) is 4.79 Å². The van der Waals surface area contributed by atoms with Crippen LogP contribution < -0.4 is 10.1 Å². The molecule has 1 N–H and O–H groups in total. The van der Waals surface area contributed by atoms with Crippen LogP contribution in [0.15, 0.2) is 42.9 Å². The molecule has 4 rings (SSSR count). The Morgan fingerprint density at radius 1 is 1.17 bits per heavy atom. The van der Waals surface area contributed by atoms with Gasteiger partial charge in [-0.05, 0) is 44.3 Å². The van der Waals surface area contributed by atoms with E-state index in [4.69, 9.17) is 4.74 Å². The second kappa shape index (κ2) is 9.23. The molecule has 0 saturated carbocycles. The number of amides is 1. The van der Waals surface area contributed by atoms with Crippen LogP contribution in [-0.4, -0.2) is 83.5 Å². The molecule has 3 heterocycles. The van der Waals surface area contributed by atoms with Crippen LogP contribution >= 0.6 is 0 Å². The summed E-state index contributed by atoms with van der Waals surface area (Å²) in [5, 5.41) is 2.99. The van der Waals surface area contributed by atoms with Crippen molar-refractivity contribution in [3.63, 3.8) is 0 Å². The van der Waals surface area contributed by atoms with E-state index in [1.807, 2.05) is 28.7 Å². The van der Waals surface area contributed by atoms with Gasteiger partial charge in [0.05, 0.1) is 7.11 Å². The molecule has 1 fully saturated rings. The fourth-order valence-electron chi connectivity index (χ4n) is 3.65. The lowest BCUT2D eigenvalue weighted by Gasteiger charge is -2.32. The molecule has 1 aromatic carbocycles. The molecule has 8 heteroatoms. The number of benzene rings is 1. The van der Waals surface area contributed by atoms with Gasteiger partial charge in [0.2, 0.25) is 0 Å². The number of fused-ring (bicyclic) bond motifs is 1. The molecule has 0 spiro atoms. The van der Waals surface area contributed by atoms with E-state index < -0.39 is 0 Å². The summed E-state index contributed by atoms with van der Waals surface area (Å²) in [6, 6.07) is 7.65. The molecule has 1 aliphatic heterocycles. The number of piperazine rings is 1. The van der Waals surface area contributed by atoms with Crippen LogP contribution in [0.2, 0.25) is 0 Å². The molecule has 158 valence electrons. The number of aromatic nitrogens is 3. The Morgan fingerprint density at radius 2 is 1.93 bits per heavy atom. The smallest absolute Gasteiger partial charge is 0.271 e. The summed E-state index contributed by atoms with van der Waals surface area (Å²) < 4.78 is 7.06. The van der Waals surface area contributed by atoms with Crippen molar-refractivity contribution >= 4 is 11.6 Å². The molecule has 1 saturated heterocycles. The molecule has 0 atom stereocenters. The number of nitrogens with zero attached hydrogens (tertiary/aromatic N) is 5. The van der Waals surface area contributed by atoms with Crippen molar-refractivity contribution in [1.82, 2.24) is 29.5 Å². The predicted molar refractivity (Wildman–Crippen MR) is 116 cm³/mol. The number of rotatable bonds is 7. The van der Waals surface area contributed by atoms with Crippen molar-refractivity contribution in [2.75, 3.05) is 53.4 Å². The first kappa shape index (κ1) is 20.3. The third kappa shape index (κ3) is 4.60. The van der Waals surface area contributed by atoms with Gasteiger partial charge >= 0.3 is 0 Å². The molecule has 8 nitrogen and oxygen atoms in total. The monoisotopic (exact) mass is 408 g/mol. The van der Waals surface area contributed by atoms with Crippen LogP contribution in [0.25, 0.3) is 16.9 Å². The third-order valence-electron chi connectivity index (χ3n) is 5.50. The van der Waals surface area contributed by atoms with E-state index in [0.717, 1.165) is 56.2 Å². The molecule has 1 amide bonds. The first-order valence-corrected chi connectivity index (χ1v) is 10.3. The SMILES string of the molecule is COc1ccc(-c2nccn3cc(C(=O)NCCCN4CCN(C)CC4)nc23)cc1. The molecule has 30 heavy (non-hydrogen) atoms. The summed E-state index contributed by atoms with van der Waals surface area (Å²) >= 11 is 0. The lowest BCUT2D eigenvalue weighted by atomic mass is 10.1. The van der Waals surface area contributed by atoms with Gasteiger partial charge in [-0.15, -0.1) is 0 Å². The summed E-state index contributed by atoms with van der Waals surface area (Å²) in [5.41, 5.74) is 2.71. The highest BCUT2D eigenvalue weighted by Crippen LogP contribution is 2.24. The normalized spacial score (nSPS) is 15.4. The van der Waals surface area contributed by atoms with Gasteiger partial charge in [0.1, 0.15) is 17.1 Å². The number of hydrogen-bond acceptors (Lipinski definition) is 6. The van der Waals surface area contributed by atoms with Crippen molar-refractivity contribution in [1.29, 1.82) is 0 Å². The Labute approximate surface area is 176 Å². The number of hydrogen-bond donors (Lipinski definition) is 1. The van der Waals surface area contributed by atoms with Gasteiger partial charge in [0.15, 0.2) is 5.65 Å². The minimum atomic E-state index is -0.155. The number of nitrogens with one attached hydrogen (secondary N) is 1. The highest BCUT2D eigenvalue weighted by molar-refractivity contribution is 5.93. The van der Waals surface area contributed by atoms with E-state index in [1.54, 1.807) is 25.7 Å². The lowest BCUT2D eigenvalue weighted by Crippen LogP contribution is -2.45. The van der Waals surface area contributed by atoms with Crippen LogP contribution in [0.4, 0.5) is 0 Å². The zero-order chi connectivity index (χ0) is 20.9. The largest absolute Gasteiger partial charge is 0.497 e. The molecule has 2 aromatic heterocycles. The maximum atomic E-state index is 12.6. The zero-order valence-electron chi connectivity index (χ0n) is 17.5. The van der Waals surface area contributed by atoms with Gasteiger partial charge in [-0.2, -0.15) is 0 Å². The first-order valence-electron chi connectivity index (χ1n) is 10.3. The fraction of sp³-hybridized carbons (Fsp3) is 0.409. The molecular weight excluding hydrogens is 380 g/mol. The Balaban J connectivity index is 1.38. The van der Waals surface area contributed by atoms with Crippen LogP contribution in [-0.2, 0) is 0 Å². The quantitative estimate of drug-likeness (QED) is 0.601. The van der Waals surface area contributed by atoms with Crippen LogP contribution in [0.3, 0.4) is 0 Å². The van der Waals surface area contributed by atoms with E-state index >= 15 is 0 Å². The second-order valence-corrected chi connectivity index (χ2v) is 7.62. The number of likely N-dealkylation sites (N-methyl/N-ethyl adjacent to an activating group) is 1. The van der Waals surface area contributed by atoms with Crippen molar-refractivity contribution < 1.29 is 9.53 Å². The summed E-state index contributed by atoms with van der Waals surface area (Å²) in [4.78, 5) is 26.4. The van der Waals surface area contributed by atoms with Gasteiger partial charge in [-0.1, -0.05) is 0 Å². The highest BCUT2D eigenvalue weighted by atomic mass is 16.5. The average Bonchev–Trinajstić information content (AvgIpc) is 3.22. The van der Waals surface area contributed by atoms with Gasteiger partial charge in [0, 0.05) is 56.9 Å². The summed E-state index contributed by atoms with van der Waals surface area (Å²) in [7, 11) is 3.79. The number of methoxy groups -OCH3 is 1. The zero-order valence-corrected chi connectivity index (χ0v) is 17.5. The van der Waals surface area contributed by atoms with Crippen LogP contribution in [0.1, 0.15) is 16.9 Å². The number of carbonyl (C=O) groups excluding carboxylic acids is 1. The molecule has 0 bridgehead atoms. The fourth-order valence-corrected chi connectivity index (χ4v) is 3.65. The number of carbonyl (C=O) groups is 1. The Morgan fingerprint density at radius 3 is 2.67 bits per heavy atom. The van der Waals surface area contributed by atoms with Crippen LogP contribution in [0.5, 0.6) is 5.75 Å². The minimum Gasteiger partial charge on any atom is -0.497 e. The molecule has 3 aromatic rings. The van der Waals surface area contributed by atoms with Gasteiger partial charge in [0.25, 0.3) is 5.91 Å². The Kier molecular flexibility index (Phi) is 6.25. The van der Waals surface area contributed by atoms with Crippen molar-refractivity contribution in [2.45, 2.75) is 6.42 Å². The summed E-state index contributed by atoms with van der Waals surface area (Å²) in [5.74, 6) is 0.628. The topological polar surface area (TPSA) is 75.0 Å². The number of ether oxygens (including phenoxy) is 1. The second-order valence-electron chi connectivity index (χ2n) is 7.62. The van der Waals surface area contributed by atoms with E-state index in [2.05, 4.69) is 32.1 Å². The van der Waals surface area contributed by atoms with Crippen molar-refractivity contribution in [3.05, 3.63) is 48.5 Å². The van der Waals surface area contributed by atoms with Crippen molar-refractivity contribution in [2.24, 2.45) is 0 Å². The van der Waals surface area contributed by atoms with Gasteiger partial charge < -0.3 is 24.3 Å². The third-order valence-corrected chi connectivity index (χ3v) is 5.50. The maximum Gasteiger partial charge on any atom is 0.271 e. The van der Waals surface area contributed by atoms with E-state index in [0.29, 0.717) is 17.9 Å². The molecule has 0 aliphatic carbocycles. The summed E-state index contributed by atoms with van der Waals surface area (Å²) in [6.07, 6.45) is 6.20. The van der Waals surface area contributed by atoms with Gasteiger partial charge in [-0.3, -0.25) is 9.78 Å². The van der Waals surface area contributed by atoms with Crippen molar-refractivity contribution in [3.8, 4) is 17.0 Å². The van der Waals surface area contributed by atoms with E-state index in [1.165, 1.54) is 0 Å². The standard InChI is InChI=1S/C22H28N6O2/c1-26-12-14-27(15-13-26)10-3-8-24-22(29)19-16-28-11-9-23-20(21(28)25-19)17-4-6-18(30-2)7-5-17/h4-7,9,11,16H,3,8,10,12-15H2,1-2H3,(H,24,29).